The van der Waals surface area contributed by atoms with Crippen molar-refractivity contribution in [2.45, 2.75) is 32.2 Å². The summed E-state index contributed by atoms with van der Waals surface area (Å²) in [5.41, 5.74) is 4.74. The van der Waals surface area contributed by atoms with Gasteiger partial charge in [-0.15, -0.1) is 0 Å². The molecule has 0 fully saturated rings. The predicted octanol–water partition coefficient (Wildman–Crippen LogP) is 0.983. The Kier molecular flexibility index (Phi) is 6.16. The van der Waals surface area contributed by atoms with Crippen LogP contribution in [0.15, 0.2) is 0 Å². The number of primary amides is 1. The third-order valence-electron chi connectivity index (χ3n) is 2.19. The fraction of sp³-hybridized carbons (Fsp3) is 0.889. The smallest absolute Gasteiger partial charge is 0.237 e. The van der Waals surface area contributed by atoms with Crippen LogP contribution in [0.1, 0.15) is 26.7 Å². The lowest BCUT2D eigenvalue weighted by atomic mass is 9.99. The normalized spacial score (nSPS) is 15.3. The van der Waals surface area contributed by atoms with Crippen molar-refractivity contribution in [2.75, 3.05) is 18.6 Å². The Bertz CT molecular complexity index is 164. The van der Waals surface area contributed by atoms with Crippen molar-refractivity contribution >= 4 is 17.7 Å². The van der Waals surface area contributed by atoms with Crippen LogP contribution in [0.3, 0.4) is 0 Å². The van der Waals surface area contributed by atoms with Gasteiger partial charge in [0.05, 0.1) is 5.54 Å². The number of likely N-dealkylation sites (N-methyl/N-ethyl adjacent to an activating group) is 1. The molecule has 0 aromatic carbocycles. The van der Waals surface area contributed by atoms with E-state index in [1.165, 1.54) is 6.42 Å². The molecule has 1 unspecified atom stereocenters. The average Bonchev–Trinajstić information content (AvgIpc) is 2.12. The first-order valence-electron chi connectivity index (χ1n) is 4.63. The number of thioether (sulfide) groups is 1. The molecule has 0 saturated carbocycles. The molecule has 0 spiro atoms. The summed E-state index contributed by atoms with van der Waals surface area (Å²) in [7, 11) is 1.77. The van der Waals surface area contributed by atoms with E-state index < -0.39 is 5.54 Å². The highest BCUT2D eigenvalue weighted by molar-refractivity contribution is 7.99. The van der Waals surface area contributed by atoms with Gasteiger partial charge in [0.15, 0.2) is 0 Å². The second-order valence-electron chi connectivity index (χ2n) is 3.31. The topological polar surface area (TPSA) is 55.1 Å². The lowest BCUT2D eigenvalue weighted by molar-refractivity contribution is -0.123. The van der Waals surface area contributed by atoms with E-state index >= 15 is 0 Å². The third kappa shape index (κ3) is 4.52. The number of hydrogen-bond donors (Lipinski definition) is 2. The Hall–Kier alpha value is -0.220. The maximum absolute atomic E-state index is 11.1. The second kappa shape index (κ2) is 6.27. The first kappa shape index (κ1) is 12.8. The molecule has 0 aliphatic heterocycles. The van der Waals surface area contributed by atoms with Crippen molar-refractivity contribution < 1.29 is 4.79 Å². The molecule has 0 aliphatic rings. The molecular weight excluding hydrogens is 184 g/mol. The van der Waals surface area contributed by atoms with Crippen molar-refractivity contribution in [1.82, 2.24) is 5.32 Å². The fourth-order valence-electron chi connectivity index (χ4n) is 0.894. The summed E-state index contributed by atoms with van der Waals surface area (Å²) < 4.78 is 0. The lowest BCUT2D eigenvalue weighted by Crippen LogP contribution is -2.51. The predicted molar refractivity (Wildman–Crippen MR) is 58.9 cm³/mol. The van der Waals surface area contributed by atoms with Gasteiger partial charge in [0.2, 0.25) is 5.91 Å². The second-order valence-corrected chi connectivity index (χ2v) is 4.53. The van der Waals surface area contributed by atoms with Gasteiger partial charge in [-0.25, -0.2) is 0 Å². The van der Waals surface area contributed by atoms with Crippen LogP contribution in [0.25, 0.3) is 0 Å². The zero-order valence-electron chi connectivity index (χ0n) is 8.72. The Balaban J connectivity index is 3.78. The van der Waals surface area contributed by atoms with E-state index in [2.05, 4.69) is 12.2 Å². The van der Waals surface area contributed by atoms with Gasteiger partial charge in [0, 0.05) is 0 Å². The van der Waals surface area contributed by atoms with Crippen LogP contribution in [0.2, 0.25) is 0 Å². The minimum absolute atomic E-state index is 0.271. The summed E-state index contributed by atoms with van der Waals surface area (Å²) in [5, 5.41) is 2.97. The molecule has 0 aromatic rings. The van der Waals surface area contributed by atoms with Crippen LogP contribution in [-0.2, 0) is 4.79 Å². The summed E-state index contributed by atoms with van der Waals surface area (Å²) in [6, 6.07) is 0. The van der Waals surface area contributed by atoms with Gasteiger partial charge >= 0.3 is 0 Å². The molecule has 13 heavy (non-hydrogen) atoms. The van der Waals surface area contributed by atoms with Crippen LogP contribution in [0.4, 0.5) is 0 Å². The highest BCUT2D eigenvalue weighted by atomic mass is 32.2. The monoisotopic (exact) mass is 204 g/mol. The Labute approximate surface area is 84.8 Å². The molecule has 0 radical (unpaired) electrons. The number of nitrogens with one attached hydrogen (secondary N) is 1. The number of rotatable bonds is 7. The molecule has 0 heterocycles. The molecule has 0 bridgehead atoms. The molecule has 0 aromatic heterocycles. The highest BCUT2D eigenvalue weighted by Crippen LogP contribution is 2.13. The molecule has 1 atom stereocenters. The Morgan fingerprint density at radius 1 is 1.54 bits per heavy atom. The number of carbonyl (C=O) groups excluding carboxylic acids is 1. The van der Waals surface area contributed by atoms with E-state index in [1.54, 1.807) is 7.05 Å². The van der Waals surface area contributed by atoms with E-state index in [0.29, 0.717) is 0 Å². The zero-order valence-corrected chi connectivity index (χ0v) is 9.54. The first-order chi connectivity index (χ1) is 6.06. The lowest BCUT2D eigenvalue weighted by Gasteiger charge is -2.24. The largest absolute Gasteiger partial charge is 0.368 e. The van der Waals surface area contributed by atoms with Gasteiger partial charge < -0.3 is 11.1 Å². The molecule has 1 amide bonds. The summed E-state index contributed by atoms with van der Waals surface area (Å²) in [4.78, 5) is 11.1. The summed E-state index contributed by atoms with van der Waals surface area (Å²) in [6.45, 7) is 4.00. The van der Waals surface area contributed by atoms with Gasteiger partial charge in [-0.3, -0.25) is 4.79 Å². The van der Waals surface area contributed by atoms with E-state index in [1.807, 2.05) is 18.7 Å². The molecule has 78 valence electrons. The SMILES string of the molecule is CCCSCCC(C)(NC)C(N)=O. The van der Waals surface area contributed by atoms with Crippen LogP contribution in [0, 0.1) is 0 Å². The van der Waals surface area contributed by atoms with Crippen molar-refractivity contribution in [3.8, 4) is 0 Å². The van der Waals surface area contributed by atoms with E-state index in [0.717, 1.165) is 17.9 Å². The van der Waals surface area contributed by atoms with Crippen LogP contribution < -0.4 is 11.1 Å². The number of hydrogen-bond acceptors (Lipinski definition) is 3. The molecule has 0 rings (SSSR count). The number of carbonyl (C=O) groups is 1. The van der Waals surface area contributed by atoms with Crippen molar-refractivity contribution in [3.05, 3.63) is 0 Å². The molecule has 3 N–H and O–H groups in total. The zero-order chi connectivity index (χ0) is 10.3. The first-order valence-corrected chi connectivity index (χ1v) is 5.79. The van der Waals surface area contributed by atoms with Gasteiger partial charge in [-0.2, -0.15) is 11.8 Å². The maximum atomic E-state index is 11.1. The van der Waals surface area contributed by atoms with Gasteiger partial charge in [-0.1, -0.05) is 6.92 Å². The molecule has 0 saturated heterocycles. The van der Waals surface area contributed by atoms with Crippen LogP contribution >= 0.6 is 11.8 Å². The standard InChI is InChI=1S/C9H20N2OS/c1-4-6-13-7-5-9(2,11-3)8(10)12/h11H,4-7H2,1-3H3,(H2,10,12). The van der Waals surface area contributed by atoms with Gasteiger partial charge in [0.1, 0.15) is 0 Å². The summed E-state index contributed by atoms with van der Waals surface area (Å²) in [6.07, 6.45) is 1.97. The molecule has 3 nitrogen and oxygen atoms in total. The summed E-state index contributed by atoms with van der Waals surface area (Å²) >= 11 is 1.87. The van der Waals surface area contributed by atoms with Crippen molar-refractivity contribution in [3.63, 3.8) is 0 Å². The maximum Gasteiger partial charge on any atom is 0.237 e. The van der Waals surface area contributed by atoms with Crippen molar-refractivity contribution in [2.24, 2.45) is 5.73 Å². The average molecular weight is 204 g/mol. The van der Waals surface area contributed by atoms with Crippen LogP contribution in [0.5, 0.6) is 0 Å². The van der Waals surface area contributed by atoms with Crippen LogP contribution in [-0.4, -0.2) is 30.0 Å². The van der Waals surface area contributed by atoms with Crippen molar-refractivity contribution in [1.29, 1.82) is 0 Å². The minimum atomic E-state index is -0.541. The van der Waals surface area contributed by atoms with E-state index in [4.69, 9.17) is 5.73 Å². The molecular formula is C9H20N2OS. The Morgan fingerprint density at radius 3 is 2.54 bits per heavy atom. The number of nitrogens with two attached hydrogens (primary N) is 1. The van der Waals surface area contributed by atoms with Gasteiger partial charge in [-0.05, 0) is 38.3 Å². The van der Waals surface area contributed by atoms with E-state index in [-0.39, 0.29) is 5.91 Å². The van der Waals surface area contributed by atoms with E-state index in [9.17, 15) is 4.79 Å². The highest BCUT2D eigenvalue weighted by Gasteiger charge is 2.27. The molecule has 4 heteroatoms. The minimum Gasteiger partial charge on any atom is -0.368 e. The Morgan fingerprint density at radius 2 is 2.15 bits per heavy atom. The third-order valence-corrected chi connectivity index (χ3v) is 3.38. The fourth-order valence-corrected chi connectivity index (χ4v) is 1.94. The summed E-state index contributed by atoms with van der Waals surface area (Å²) in [5.74, 6) is 1.86. The molecule has 0 aliphatic carbocycles. The van der Waals surface area contributed by atoms with Gasteiger partial charge in [0.25, 0.3) is 0 Å². The number of amides is 1. The quantitative estimate of drug-likeness (QED) is 0.608.